The molecule has 0 aliphatic carbocycles. The molecule has 0 unspecified atom stereocenters. The number of hydrogen-bond donors (Lipinski definition) is 2. The van der Waals surface area contributed by atoms with Crippen LogP contribution in [-0.4, -0.2) is 27.8 Å². The predicted molar refractivity (Wildman–Crippen MR) is 68.8 cm³/mol. The lowest BCUT2D eigenvalue weighted by Gasteiger charge is -2.11. The van der Waals surface area contributed by atoms with E-state index in [0.717, 1.165) is 17.7 Å². The van der Waals surface area contributed by atoms with Crippen molar-refractivity contribution in [2.45, 2.75) is 13.3 Å². The summed E-state index contributed by atoms with van der Waals surface area (Å²) in [6.45, 7) is 2.09. The van der Waals surface area contributed by atoms with E-state index in [4.69, 9.17) is 10.5 Å². The number of rotatable bonds is 6. The van der Waals surface area contributed by atoms with Gasteiger partial charge in [0.15, 0.2) is 0 Å². The molecule has 0 fully saturated rings. The monoisotopic (exact) mass is 258 g/mol. The van der Waals surface area contributed by atoms with E-state index in [9.17, 15) is 8.42 Å². The Balaban J connectivity index is 2.93. The van der Waals surface area contributed by atoms with Crippen molar-refractivity contribution in [2.75, 3.05) is 24.1 Å². The van der Waals surface area contributed by atoms with Gasteiger partial charge in [-0.1, -0.05) is 6.92 Å². The van der Waals surface area contributed by atoms with Crippen LogP contribution in [0.25, 0.3) is 0 Å². The highest BCUT2D eigenvalue weighted by molar-refractivity contribution is 7.92. The second kappa shape index (κ2) is 5.88. The summed E-state index contributed by atoms with van der Waals surface area (Å²) < 4.78 is 30.7. The van der Waals surface area contributed by atoms with Crippen LogP contribution in [0.15, 0.2) is 18.2 Å². The molecule has 96 valence electrons. The summed E-state index contributed by atoms with van der Waals surface area (Å²) in [7, 11) is -1.76. The molecule has 0 atom stereocenters. The van der Waals surface area contributed by atoms with E-state index in [2.05, 4.69) is 4.72 Å². The standard InChI is InChI=1S/C11H18N2O3S/c1-3-9-8-10(4-5-11(9)16-2)13-17(14,15)7-6-12/h4-5,8,13H,3,6-7,12H2,1-2H3. The van der Waals surface area contributed by atoms with Crippen LogP contribution in [0, 0.1) is 0 Å². The minimum absolute atomic E-state index is 0.0828. The minimum atomic E-state index is -3.35. The number of sulfonamides is 1. The lowest BCUT2D eigenvalue weighted by Crippen LogP contribution is -2.22. The van der Waals surface area contributed by atoms with Crippen LogP contribution in [0.3, 0.4) is 0 Å². The summed E-state index contributed by atoms with van der Waals surface area (Å²) >= 11 is 0. The number of anilines is 1. The topological polar surface area (TPSA) is 81.4 Å². The minimum Gasteiger partial charge on any atom is -0.496 e. The number of nitrogens with two attached hydrogens (primary N) is 1. The van der Waals surface area contributed by atoms with Gasteiger partial charge >= 0.3 is 0 Å². The van der Waals surface area contributed by atoms with E-state index in [1.165, 1.54) is 0 Å². The van der Waals surface area contributed by atoms with Crippen LogP contribution in [0.4, 0.5) is 5.69 Å². The van der Waals surface area contributed by atoms with Crippen molar-refractivity contribution in [1.29, 1.82) is 0 Å². The van der Waals surface area contributed by atoms with Crippen LogP contribution in [0.5, 0.6) is 5.75 Å². The Kier molecular flexibility index (Phi) is 4.77. The van der Waals surface area contributed by atoms with Gasteiger partial charge in [-0.05, 0) is 30.2 Å². The molecule has 1 aromatic carbocycles. The summed E-state index contributed by atoms with van der Waals surface area (Å²) in [5.41, 5.74) is 6.73. The van der Waals surface area contributed by atoms with Gasteiger partial charge in [-0.3, -0.25) is 4.72 Å². The molecule has 0 aromatic heterocycles. The number of aryl methyl sites for hydroxylation is 1. The smallest absolute Gasteiger partial charge is 0.233 e. The molecule has 1 aromatic rings. The van der Waals surface area contributed by atoms with Gasteiger partial charge in [-0.25, -0.2) is 8.42 Å². The second-order valence-electron chi connectivity index (χ2n) is 3.59. The van der Waals surface area contributed by atoms with E-state index < -0.39 is 10.0 Å². The van der Waals surface area contributed by atoms with Crippen molar-refractivity contribution in [3.05, 3.63) is 23.8 Å². The third kappa shape index (κ3) is 3.90. The van der Waals surface area contributed by atoms with Gasteiger partial charge in [0.05, 0.1) is 12.9 Å². The third-order valence-electron chi connectivity index (χ3n) is 2.32. The first-order chi connectivity index (χ1) is 8.02. The molecule has 0 saturated heterocycles. The maximum atomic E-state index is 11.5. The summed E-state index contributed by atoms with van der Waals surface area (Å²) in [5.74, 6) is 0.676. The quantitative estimate of drug-likeness (QED) is 0.796. The van der Waals surface area contributed by atoms with Crippen LogP contribution >= 0.6 is 0 Å². The fraction of sp³-hybridized carbons (Fsp3) is 0.455. The molecule has 0 saturated carbocycles. The molecule has 0 bridgehead atoms. The molecule has 0 spiro atoms. The number of methoxy groups -OCH3 is 1. The first kappa shape index (κ1) is 13.8. The van der Waals surface area contributed by atoms with Crippen LogP contribution in [-0.2, 0) is 16.4 Å². The molecule has 0 amide bonds. The van der Waals surface area contributed by atoms with E-state index in [1.807, 2.05) is 6.92 Å². The molecule has 17 heavy (non-hydrogen) atoms. The van der Waals surface area contributed by atoms with Gasteiger partial charge in [0.2, 0.25) is 10.0 Å². The molecule has 0 aliphatic heterocycles. The Morgan fingerprint density at radius 2 is 2.12 bits per heavy atom. The van der Waals surface area contributed by atoms with E-state index in [-0.39, 0.29) is 12.3 Å². The Morgan fingerprint density at radius 1 is 1.41 bits per heavy atom. The van der Waals surface area contributed by atoms with Crippen LogP contribution in [0.2, 0.25) is 0 Å². The van der Waals surface area contributed by atoms with Gasteiger partial charge in [0.1, 0.15) is 5.75 Å². The van der Waals surface area contributed by atoms with E-state index in [0.29, 0.717) is 5.69 Å². The van der Waals surface area contributed by atoms with Gasteiger partial charge in [0, 0.05) is 12.2 Å². The highest BCUT2D eigenvalue weighted by Crippen LogP contribution is 2.23. The molecule has 1 rings (SSSR count). The second-order valence-corrected chi connectivity index (χ2v) is 5.43. The molecule has 0 heterocycles. The molecule has 0 aliphatic rings. The zero-order chi connectivity index (χ0) is 12.9. The van der Waals surface area contributed by atoms with Crippen molar-refractivity contribution in [3.8, 4) is 5.75 Å². The largest absolute Gasteiger partial charge is 0.496 e. The van der Waals surface area contributed by atoms with Crippen molar-refractivity contribution < 1.29 is 13.2 Å². The fourth-order valence-corrected chi connectivity index (χ4v) is 2.40. The Labute approximate surface area is 102 Å². The number of nitrogens with one attached hydrogen (secondary N) is 1. The predicted octanol–water partition coefficient (Wildman–Crippen LogP) is 0.958. The molecular weight excluding hydrogens is 240 g/mol. The maximum absolute atomic E-state index is 11.5. The molecule has 6 heteroatoms. The van der Waals surface area contributed by atoms with Crippen LogP contribution in [0.1, 0.15) is 12.5 Å². The number of hydrogen-bond acceptors (Lipinski definition) is 4. The molecule has 3 N–H and O–H groups in total. The molecule has 0 radical (unpaired) electrons. The normalized spacial score (nSPS) is 11.2. The summed E-state index contributed by atoms with van der Waals surface area (Å²) in [6.07, 6.45) is 0.773. The van der Waals surface area contributed by atoms with E-state index in [1.54, 1.807) is 25.3 Å². The van der Waals surface area contributed by atoms with Crippen molar-refractivity contribution >= 4 is 15.7 Å². The zero-order valence-corrected chi connectivity index (χ0v) is 10.9. The fourth-order valence-electron chi connectivity index (χ4n) is 1.50. The summed E-state index contributed by atoms with van der Waals surface area (Å²) in [5, 5.41) is 0. The average molecular weight is 258 g/mol. The van der Waals surface area contributed by atoms with Gasteiger partial charge in [0.25, 0.3) is 0 Å². The highest BCUT2D eigenvalue weighted by Gasteiger charge is 2.10. The molecular formula is C11H18N2O3S. The number of benzene rings is 1. The van der Waals surface area contributed by atoms with Crippen LogP contribution < -0.4 is 15.2 Å². The number of ether oxygens (including phenoxy) is 1. The lowest BCUT2D eigenvalue weighted by molar-refractivity contribution is 0.410. The van der Waals surface area contributed by atoms with Crippen molar-refractivity contribution in [1.82, 2.24) is 0 Å². The van der Waals surface area contributed by atoms with Crippen molar-refractivity contribution in [2.24, 2.45) is 5.73 Å². The van der Waals surface area contributed by atoms with E-state index >= 15 is 0 Å². The Hall–Kier alpha value is -1.27. The SMILES string of the molecule is CCc1cc(NS(=O)(=O)CCN)ccc1OC. The Morgan fingerprint density at radius 3 is 2.65 bits per heavy atom. The lowest BCUT2D eigenvalue weighted by atomic mass is 10.1. The summed E-state index contributed by atoms with van der Waals surface area (Å²) in [4.78, 5) is 0. The summed E-state index contributed by atoms with van der Waals surface area (Å²) in [6, 6.07) is 5.19. The molecule has 5 nitrogen and oxygen atoms in total. The first-order valence-corrected chi connectivity index (χ1v) is 7.05. The first-order valence-electron chi connectivity index (χ1n) is 5.40. The maximum Gasteiger partial charge on any atom is 0.233 e. The Bertz CT molecular complexity index is 472. The third-order valence-corrected chi connectivity index (χ3v) is 3.64. The highest BCUT2D eigenvalue weighted by atomic mass is 32.2. The van der Waals surface area contributed by atoms with Gasteiger partial charge < -0.3 is 10.5 Å². The van der Waals surface area contributed by atoms with Crippen molar-refractivity contribution in [3.63, 3.8) is 0 Å². The zero-order valence-electron chi connectivity index (χ0n) is 10.1. The average Bonchev–Trinajstić information content (AvgIpc) is 2.28. The van der Waals surface area contributed by atoms with Gasteiger partial charge in [-0.15, -0.1) is 0 Å². The van der Waals surface area contributed by atoms with Gasteiger partial charge in [-0.2, -0.15) is 0 Å².